The van der Waals surface area contributed by atoms with Crippen LogP contribution in [0.3, 0.4) is 0 Å². The van der Waals surface area contributed by atoms with E-state index >= 15 is 0 Å². The molecule has 1 fully saturated rings. The molecule has 0 aromatic carbocycles. The topological polar surface area (TPSA) is 127 Å². The number of carboxylic acid groups (broad SMARTS) is 1. The summed E-state index contributed by atoms with van der Waals surface area (Å²) in [6.07, 6.45) is 2.13. The SMILES string of the molecule is CC(C)(C)OC(=O)Nc1cncc(C(=O)N[C@@]2(C(=O)O)CCOC2)c1. The van der Waals surface area contributed by atoms with Crippen molar-refractivity contribution >= 4 is 23.7 Å². The molecule has 0 aliphatic carbocycles. The maximum atomic E-state index is 12.4. The van der Waals surface area contributed by atoms with Crippen molar-refractivity contribution in [2.75, 3.05) is 18.5 Å². The molecule has 1 atom stereocenters. The van der Waals surface area contributed by atoms with Crippen LogP contribution >= 0.6 is 0 Å². The minimum Gasteiger partial charge on any atom is -0.479 e. The Balaban J connectivity index is 2.08. The number of pyridine rings is 1. The molecule has 0 radical (unpaired) electrons. The summed E-state index contributed by atoms with van der Waals surface area (Å²) in [5.74, 6) is -1.78. The Morgan fingerprint density at radius 3 is 2.60 bits per heavy atom. The van der Waals surface area contributed by atoms with E-state index in [-0.39, 0.29) is 30.9 Å². The molecule has 0 spiro atoms. The van der Waals surface area contributed by atoms with Crippen LogP contribution in [-0.4, -0.2) is 52.4 Å². The second kappa shape index (κ2) is 7.06. The Kier molecular flexibility index (Phi) is 5.27. The molecule has 0 unspecified atom stereocenters. The van der Waals surface area contributed by atoms with Crippen LogP contribution in [0, 0.1) is 0 Å². The van der Waals surface area contributed by atoms with Gasteiger partial charge in [-0.2, -0.15) is 0 Å². The van der Waals surface area contributed by atoms with Gasteiger partial charge in [0.05, 0.1) is 24.1 Å². The second-order valence-corrected chi connectivity index (χ2v) is 6.73. The molecule has 25 heavy (non-hydrogen) atoms. The largest absolute Gasteiger partial charge is 0.479 e. The lowest BCUT2D eigenvalue weighted by molar-refractivity contribution is -0.144. The number of nitrogens with one attached hydrogen (secondary N) is 2. The number of aliphatic carboxylic acids is 1. The van der Waals surface area contributed by atoms with E-state index in [1.807, 2.05) is 0 Å². The average Bonchev–Trinajstić information content (AvgIpc) is 2.95. The Morgan fingerprint density at radius 2 is 2.04 bits per heavy atom. The van der Waals surface area contributed by atoms with Crippen molar-refractivity contribution in [3.05, 3.63) is 24.0 Å². The number of rotatable bonds is 4. The van der Waals surface area contributed by atoms with Gasteiger partial charge in [0.2, 0.25) is 0 Å². The highest BCUT2D eigenvalue weighted by molar-refractivity contribution is 5.99. The van der Waals surface area contributed by atoms with Crippen molar-refractivity contribution in [3.63, 3.8) is 0 Å². The molecule has 3 N–H and O–H groups in total. The first kappa shape index (κ1) is 18.7. The molecule has 0 saturated carbocycles. The fourth-order valence-corrected chi connectivity index (χ4v) is 2.23. The lowest BCUT2D eigenvalue weighted by atomic mass is 9.98. The first-order valence-electron chi connectivity index (χ1n) is 7.70. The molecule has 0 bridgehead atoms. The highest BCUT2D eigenvalue weighted by Crippen LogP contribution is 2.20. The van der Waals surface area contributed by atoms with Gasteiger partial charge in [-0.3, -0.25) is 15.1 Å². The molecule has 1 saturated heterocycles. The van der Waals surface area contributed by atoms with Gasteiger partial charge in [-0.05, 0) is 26.8 Å². The van der Waals surface area contributed by atoms with Gasteiger partial charge in [-0.15, -0.1) is 0 Å². The highest BCUT2D eigenvalue weighted by atomic mass is 16.6. The van der Waals surface area contributed by atoms with Crippen molar-refractivity contribution in [2.45, 2.75) is 38.3 Å². The number of nitrogens with zero attached hydrogens (tertiary/aromatic N) is 1. The van der Waals surface area contributed by atoms with Crippen LogP contribution in [-0.2, 0) is 14.3 Å². The molecule has 136 valence electrons. The number of carboxylic acids is 1. The Hall–Kier alpha value is -2.68. The zero-order valence-corrected chi connectivity index (χ0v) is 14.3. The maximum absolute atomic E-state index is 12.4. The van der Waals surface area contributed by atoms with Gasteiger partial charge in [-0.25, -0.2) is 9.59 Å². The first-order chi connectivity index (χ1) is 11.6. The van der Waals surface area contributed by atoms with Crippen LogP contribution < -0.4 is 10.6 Å². The minimum atomic E-state index is -1.45. The first-order valence-corrected chi connectivity index (χ1v) is 7.70. The molecule has 9 nitrogen and oxygen atoms in total. The van der Waals surface area contributed by atoms with Crippen LogP contribution in [0.2, 0.25) is 0 Å². The lowest BCUT2D eigenvalue weighted by Gasteiger charge is -2.23. The molecular weight excluding hydrogens is 330 g/mol. The Bertz CT molecular complexity index is 677. The van der Waals surface area contributed by atoms with Gasteiger partial charge in [-0.1, -0.05) is 0 Å². The minimum absolute atomic E-state index is 0.0999. The molecule has 1 aliphatic heterocycles. The number of hydrogen-bond acceptors (Lipinski definition) is 6. The van der Waals surface area contributed by atoms with E-state index in [1.165, 1.54) is 18.5 Å². The normalized spacial score (nSPS) is 20.0. The van der Waals surface area contributed by atoms with E-state index in [0.29, 0.717) is 0 Å². The van der Waals surface area contributed by atoms with Gasteiger partial charge < -0.3 is 19.9 Å². The molecule has 1 aromatic rings. The predicted octanol–water partition coefficient (Wildman–Crippen LogP) is 1.40. The van der Waals surface area contributed by atoms with Crippen molar-refractivity contribution in [1.29, 1.82) is 0 Å². The molecule has 1 aliphatic rings. The zero-order chi connectivity index (χ0) is 18.7. The fraction of sp³-hybridized carbons (Fsp3) is 0.500. The standard InChI is InChI=1S/C16H21N3O6/c1-15(2,3)25-14(23)18-11-6-10(7-17-8-11)12(20)19-16(13(21)22)4-5-24-9-16/h6-8H,4-5,9H2,1-3H3,(H,18,23)(H,19,20)(H,21,22)/t16-/m0/s1. The average molecular weight is 351 g/mol. The number of amides is 2. The maximum Gasteiger partial charge on any atom is 0.412 e. The summed E-state index contributed by atoms with van der Waals surface area (Å²) >= 11 is 0. The fourth-order valence-electron chi connectivity index (χ4n) is 2.23. The summed E-state index contributed by atoms with van der Waals surface area (Å²) in [6, 6.07) is 1.39. The van der Waals surface area contributed by atoms with Gasteiger partial charge in [0.25, 0.3) is 5.91 Å². The van der Waals surface area contributed by atoms with Crippen LogP contribution in [0.4, 0.5) is 10.5 Å². The summed E-state index contributed by atoms with van der Waals surface area (Å²) in [7, 11) is 0. The number of ether oxygens (including phenoxy) is 2. The third-order valence-corrected chi connectivity index (χ3v) is 3.43. The second-order valence-electron chi connectivity index (χ2n) is 6.73. The van der Waals surface area contributed by atoms with Crippen LogP contribution in [0.1, 0.15) is 37.6 Å². The number of carbonyl (C=O) groups is 3. The molecule has 2 rings (SSSR count). The van der Waals surface area contributed by atoms with E-state index in [1.54, 1.807) is 20.8 Å². The molecule has 2 heterocycles. The third kappa shape index (κ3) is 4.90. The van der Waals surface area contributed by atoms with Gasteiger partial charge >= 0.3 is 12.1 Å². The number of hydrogen-bond donors (Lipinski definition) is 3. The summed E-state index contributed by atoms with van der Waals surface area (Å²) in [5, 5.41) is 14.3. The van der Waals surface area contributed by atoms with E-state index in [9.17, 15) is 19.5 Å². The summed E-state index contributed by atoms with van der Waals surface area (Å²) in [5.41, 5.74) is -1.75. The van der Waals surface area contributed by atoms with Crippen molar-refractivity contribution < 1.29 is 29.0 Å². The number of aromatic nitrogens is 1. The Labute approximate surface area is 144 Å². The van der Waals surface area contributed by atoms with Gasteiger partial charge in [0.15, 0.2) is 5.54 Å². The summed E-state index contributed by atoms with van der Waals surface area (Å²) in [4.78, 5) is 39.5. The molecular formula is C16H21N3O6. The van der Waals surface area contributed by atoms with E-state index < -0.39 is 29.1 Å². The van der Waals surface area contributed by atoms with Crippen molar-refractivity contribution in [2.24, 2.45) is 0 Å². The summed E-state index contributed by atoms with van der Waals surface area (Å²) in [6.45, 7) is 5.33. The quantitative estimate of drug-likeness (QED) is 0.748. The van der Waals surface area contributed by atoms with Crippen molar-refractivity contribution in [1.82, 2.24) is 10.3 Å². The van der Waals surface area contributed by atoms with Crippen molar-refractivity contribution in [3.8, 4) is 0 Å². The highest BCUT2D eigenvalue weighted by Gasteiger charge is 2.44. The molecule has 1 aromatic heterocycles. The monoisotopic (exact) mass is 351 g/mol. The lowest BCUT2D eigenvalue weighted by Crippen LogP contribution is -2.55. The van der Waals surface area contributed by atoms with Crippen LogP contribution in [0.5, 0.6) is 0 Å². The third-order valence-electron chi connectivity index (χ3n) is 3.43. The number of anilines is 1. The number of carbonyl (C=O) groups excluding carboxylic acids is 2. The van der Waals surface area contributed by atoms with E-state index in [0.717, 1.165) is 0 Å². The van der Waals surface area contributed by atoms with Gasteiger partial charge in [0, 0.05) is 19.2 Å². The zero-order valence-electron chi connectivity index (χ0n) is 14.3. The van der Waals surface area contributed by atoms with Crippen LogP contribution in [0.15, 0.2) is 18.5 Å². The van der Waals surface area contributed by atoms with E-state index in [4.69, 9.17) is 9.47 Å². The molecule has 9 heteroatoms. The van der Waals surface area contributed by atoms with E-state index in [2.05, 4.69) is 15.6 Å². The Morgan fingerprint density at radius 1 is 1.32 bits per heavy atom. The predicted molar refractivity (Wildman–Crippen MR) is 87.4 cm³/mol. The smallest absolute Gasteiger partial charge is 0.412 e. The molecule has 2 amide bonds. The van der Waals surface area contributed by atoms with Gasteiger partial charge in [0.1, 0.15) is 5.60 Å². The summed E-state index contributed by atoms with van der Waals surface area (Å²) < 4.78 is 10.2. The van der Waals surface area contributed by atoms with Crippen LogP contribution in [0.25, 0.3) is 0 Å².